The van der Waals surface area contributed by atoms with Gasteiger partial charge in [0, 0.05) is 36.5 Å². The van der Waals surface area contributed by atoms with Gasteiger partial charge in [-0.05, 0) is 18.2 Å². The highest BCUT2D eigenvalue weighted by Crippen LogP contribution is 2.16. The first-order chi connectivity index (χ1) is 9.79. The molecule has 0 saturated heterocycles. The zero-order valence-electron chi connectivity index (χ0n) is 11.2. The minimum Gasteiger partial charge on any atom is -0.373 e. The molecule has 1 N–H and O–H groups in total. The van der Waals surface area contributed by atoms with Crippen molar-refractivity contribution < 1.29 is 0 Å². The molecule has 0 saturated carbocycles. The number of para-hydroxylation sites is 1. The Hall–Kier alpha value is -2.62. The first-order valence-corrected chi connectivity index (χ1v) is 6.49. The Labute approximate surface area is 116 Å². The molecule has 0 aliphatic carbocycles. The van der Waals surface area contributed by atoms with Crippen LogP contribution >= 0.6 is 0 Å². The van der Waals surface area contributed by atoms with Crippen molar-refractivity contribution in [2.24, 2.45) is 0 Å². The SMILES string of the molecule is CNc1ncccc1Cn1ccc(=O)c2ccccc21. The summed E-state index contributed by atoms with van der Waals surface area (Å²) in [6.45, 7) is 0.671. The number of pyridine rings is 2. The molecule has 0 fully saturated rings. The number of nitrogens with one attached hydrogen (secondary N) is 1. The second-order valence-electron chi connectivity index (χ2n) is 4.59. The summed E-state index contributed by atoms with van der Waals surface area (Å²) in [5.41, 5.74) is 2.08. The molecule has 3 rings (SSSR count). The van der Waals surface area contributed by atoms with Crippen LogP contribution in [0.4, 0.5) is 5.82 Å². The Morgan fingerprint density at radius 1 is 1.15 bits per heavy atom. The van der Waals surface area contributed by atoms with E-state index in [4.69, 9.17) is 0 Å². The number of hydrogen-bond acceptors (Lipinski definition) is 3. The summed E-state index contributed by atoms with van der Waals surface area (Å²) in [4.78, 5) is 16.2. The van der Waals surface area contributed by atoms with Crippen molar-refractivity contribution >= 4 is 16.7 Å². The third kappa shape index (κ3) is 2.16. The van der Waals surface area contributed by atoms with E-state index in [2.05, 4.69) is 14.9 Å². The van der Waals surface area contributed by atoms with Gasteiger partial charge >= 0.3 is 0 Å². The lowest BCUT2D eigenvalue weighted by atomic mass is 10.2. The average Bonchev–Trinajstić information content (AvgIpc) is 2.51. The Morgan fingerprint density at radius 2 is 2.00 bits per heavy atom. The third-order valence-electron chi connectivity index (χ3n) is 3.35. The van der Waals surface area contributed by atoms with Crippen LogP contribution < -0.4 is 10.7 Å². The van der Waals surface area contributed by atoms with E-state index >= 15 is 0 Å². The topological polar surface area (TPSA) is 46.9 Å². The Morgan fingerprint density at radius 3 is 2.85 bits per heavy atom. The number of aromatic nitrogens is 2. The van der Waals surface area contributed by atoms with Crippen LogP contribution in [0.2, 0.25) is 0 Å². The second-order valence-corrected chi connectivity index (χ2v) is 4.59. The van der Waals surface area contributed by atoms with Crippen molar-refractivity contribution in [2.45, 2.75) is 6.54 Å². The van der Waals surface area contributed by atoms with Gasteiger partial charge in [-0.2, -0.15) is 0 Å². The molecule has 0 bridgehead atoms. The zero-order valence-corrected chi connectivity index (χ0v) is 11.2. The Bertz CT molecular complexity index is 808. The molecule has 0 atom stereocenters. The van der Waals surface area contributed by atoms with E-state index in [0.29, 0.717) is 6.54 Å². The first kappa shape index (κ1) is 12.4. The summed E-state index contributed by atoms with van der Waals surface area (Å²) in [6, 6.07) is 13.2. The fourth-order valence-corrected chi connectivity index (χ4v) is 2.37. The molecule has 2 aromatic heterocycles. The molecule has 4 heteroatoms. The lowest BCUT2D eigenvalue weighted by Crippen LogP contribution is -2.10. The standard InChI is InChI=1S/C16H15N3O/c1-17-16-12(5-4-9-18-16)11-19-10-8-15(20)13-6-2-3-7-14(13)19/h2-10H,11H2,1H3,(H,17,18). The zero-order chi connectivity index (χ0) is 13.9. The maximum Gasteiger partial charge on any atom is 0.189 e. The molecule has 0 aliphatic heterocycles. The molecular formula is C16H15N3O. The van der Waals surface area contributed by atoms with Crippen molar-refractivity contribution in [1.29, 1.82) is 0 Å². The summed E-state index contributed by atoms with van der Waals surface area (Å²) >= 11 is 0. The molecule has 20 heavy (non-hydrogen) atoms. The predicted octanol–water partition coefficient (Wildman–Crippen LogP) is 2.49. The molecule has 0 amide bonds. The van der Waals surface area contributed by atoms with Crippen LogP contribution in [0.15, 0.2) is 59.7 Å². The van der Waals surface area contributed by atoms with Gasteiger partial charge < -0.3 is 9.88 Å². The minimum absolute atomic E-state index is 0.0527. The number of hydrogen-bond donors (Lipinski definition) is 1. The Kier molecular flexibility index (Phi) is 3.21. The molecule has 100 valence electrons. The maximum atomic E-state index is 11.9. The van der Waals surface area contributed by atoms with Crippen LogP contribution in [0.25, 0.3) is 10.9 Å². The van der Waals surface area contributed by atoms with Gasteiger partial charge in [0.1, 0.15) is 5.82 Å². The monoisotopic (exact) mass is 265 g/mol. The van der Waals surface area contributed by atoms with E-state index in [1.807, 2.05) is 49.6 Å². The van der Waals surface area contributed by atoms with E-state index in [-0.39, 0.29) is 5.43 Å². The molecule has 0 aliphatic rings. The van der Waals surface area contributed by atoms with Crippen molar-refractivity contribution in [2.75, 3.05) is 12.4 Å². The second kappa shape index (κ2) is 5.17. The minimum atomic E-state index is 0.0527. The number of rotatable bonds is 3. The van der Waals surface area contributed by atoms with Crippen molar-refractivity contribution in [3.63, 3.8) is 0 Å². The van der Waals surface area contributed by atoms with Gasteiger partial charge in [0.25, 0.3) is 0 Å². The quantitative estimate of drug-likeness (QED) is 0.791. The smallest absolute Gasteiger partial charge is 0.189 e. The number of fused-ring (bicyclic) bond motifs is 1. The van der Waals surface area contributed by atoms with Gasteiger partial charge in [0.05, 0.1) is 12.1 Å². The summed E-state index contributed by atoms with van der Waals surface area (Å²) in [5.74, 6) is 0.857. The Balaban J connectivity index is 2.12. The summed E-state index contributed by atoms with van der Waals surface area (Å²) in [7, 11) is 1.86. The van der Waals surface area contributed by atoms with Crippen LogP contribution in [-0.4, -0.2) is 16.6 Å². The van der Waals surface area contributed by atoms with E-state index in [0.717, 1.165) is 22.3 Å². The lowest BCUT2D eigenvalue weighted by molar-refractivity contribution is 0.822. The lowest BCUT2D eigenvalue weighted by Gasteiger charge is -2.13. The largest absolute Gasteiger partial charge is 0.373 e. The molecule has 4 nitrogen and oxygen atoms in total. The van der Waals surface area contributed by atoms with Crippen LogP contribution in [0, 0.1) is 0 Å². The summed E-state index contributed by atoms with van der Waals surface area (Å²) in [5, 5.41) is 3.83. The number of benzene rings is 1. The molecule has 0 spiro atoms. The molecule has 0 radical (unpaired) electrons. The molecule has 1 aromatic carbocycles. The average molecular weight is 265 g/mol. The molecular weight excluding hydrogens is 250 g/mol. The van der Waals surface area contributed by atoms with Crippen LogP contribution in [0.5, 0.6) is 0 Å². The van der Waals surface area contributed by atoms with E-state index in [1.165, 1.54) is 0 Å². The van der Waals surface area contributed by atoms with Gasteiger partial charge in [-0.25, -0.2) is 4.98 Å². The van der Waals surface area contributed by atoms with E-state index < -0.39 is 0 Å². The van der Waals surface area contributed by atoms with Crippen molar-refractivity contribution in [3.8, 4) is 0 Å². The highest BCUT2D eigenvalue weighted by atomic mass is 16.1. The van der Waals surface area contributed by atoms with E-state index in [1.54, 1.807) is 12.3 Å². The first-order valence-electron chi connectivity index (χ1n) is 6.49. The van der Waals surface area contributed by atoms with Crippen molar-refractivity contribution in [3.05, 3.63) is 70.6 Å². The van der Waals surface area contributed by atoms with Gasteiger partial charge in [0.2, 0.25) is 0 Å². The highest BCUT2D eigenvalue weighted by molar-refractivity contribution is 5.78. The number of nitrogens with zero attached hydrogens (tertiary/aromatic N) is 2. The van der Waals surface area contributed by atoms with Crippen LogP contribution in [0.1, 0.15) is 5.56 Å². The fourth-order valence-electron chi connectivity index (χ4n) is 2.37. The predicted molar refractivity (Wildman–Crippen MR) is 81.1 cm³/mol. The van der Waals surface area contributed by atoms with Gasteiger partial charge in [-0.1, -0.05) is 18.2 Å². The number of anilines is 1. The highest BCUT2D eigenvalue weighted by Gasteiger charge is 2.05. The third-order valence-corrected chi connectivity index (χ3v) is 3.35. The summed E-state index contributed by atoms with van der Waals surface area (Å²) in [6.07, 6.45) is 3.59. The van der Waals surface area contributed by atoms with Crippen molar-refractivity contribution in [1.82, 2.24) is 9.55 Å². The van der Waals surface area contributed by atoms with Gasteiger partial charge in [-0.15, -0.1) is 0 Å². The normalized spacial score (nSPS) is 10.7. The fraction of sp³-hybridized carbons (Fsp3) is 0.125. The van der Waals surface area contributed by atoms with Gasteiger partial charge in [-0.3, -0.25) is 4.79 Å². The van der Waals surface area contributed by atoms with E-state index in [9.17, 15) is 4.79 Å². The summed E-state index contributed by atoms with van der Waals surface area (Å²) < 4.78 is 2.06. The molecule has 0 unspecified atom stereocenters. The maximum absolute atomic E-state index is 11.9. The van der Waals surface area contributed by atoms with Crippen LogP contribution in [-0.2, 0) is 6.54 Å². The molecule has 3 aromatic rings. The van der Waals surface area contributed by atoms with Crippen LogP contribution in [0.3, 0.4) is 0 Å². The molecule has 2 heterocycles. The van der Waals surface area contributed by atoms with Gasteiger partial charge in [0.15, 0.2) is 5.43 Å².